The van der Waals surface area contributed by atoms with Crippen LogP contribution in [0.1, 0.15) is 28.8 Å². The summed E-state index contributed by atoms with van der Waals surface area (Å²) in [6.07, 6.45) is 5.79. The quantitative estimate of drug-likeness (QED) is 0.599. The molecule has 2 amide bonds. The average Bonchev–Trinajstić information content (AvgIpc) is 3.30. The monoisotopic (exact) mass is 432 g/mol. The number of primary amides is 1. The molecule has 3 N–H and O–H groups in total. The fourth-order valence-corrected chi connectivity index (χ4v) is 3.95. The Kier molecular flexibility index (Phi) is 6.87. The fourth-order valence-electron chi connectivity index (χ4n) is 3.95. The molecule has 166 valence electrons. The molecule has 1 aliphatic heterocycles. The number of amides is 2. The van der Waals surface area contributed by atoms with Gasteiger partial charge in [0.2, 0.25) is 5.91 Å². The van der Waals surface area contributed by atoms with Gasteiger partial charge in [-0.25, -0.2) is 4.79 Å². The Morgan fingerprint density at radius 2 is 1.81 bits per heavy atom. The van der Waals surface area contributed by atoms with Gasteiger partial charge in [-0.05, 0) is 43.0 Å². The van der Waals surface area contributed by atoms with Crippen LogP contribution in [0.4, 0.5) is 4.79 Å². The summed E-state index contributed by atoms with van der Waals surface area (Å²) < 4.78 is 7.26. The van der Waals surface area contributed by atoms with Gasteiger partial charge in [-0.15, -0.1) is 0 Å². The molecular formula is C25H28N4O3. The molecule has 4 rings (SSSR count). The summed E-state index contributed by atoms with van der Waals surface area (Å²) in [5.41, 5.74) is 7.85. The van der Waals surface area contributed by atoms with Crippen LogP contribution >= 0.6 is 0 Å². The van der Waals surface area contributed by atoms with E-state index in [2.05, 4.69) is 34.5 Å². The first-order valence-electron chi connectivity index (χ1n) is 10.9. The minimum absolute atomic E-state index is 0.112. The van der Waals surface area contributed by atoms with Gasteiger partial charge in [-0.1, -0.05) is 36.4 Å². The van der Waals surface area contributed by atoms with Crippen molar-refractivity contribution in [1.82, 2.24) is 14.8 Å². The molecule has 0 bridgehead atoms. The Labute approximate surface area is 187 Å². The molecule has 1 aliphatic rings. The number of likely N-dealkylation sites (tertiary alicyclic amines) is 1. The lowest BCUT2D eigenvalue weighted by atomic mass is 10.0. The molecule has 3 aromatic rings. The number of carbonyl (C=O) groups is 2. The van der Waals surface area contributed by atoms with E-state index >= 15 is 0 Å². The van der Waals surface area contributed by atoms with Crippen molar-refractivity contribution in [3.8, 4) is 11.4 Å². The number of hydrogen-bond donors (Lipinski definition) is 2. The summed E-state index contributed by atoms with van der Waals surface area (Å²) >= 11 is 0. The maximum atomic E-state index is 12.4. The van der Waals surface area contributed by atoms with E-state index in [-0.39, 0.29) is 6.04 Å². The lowest BCUT2D eigenvalue weighted by Gasteiger charge is -2.32. The topological polar surface area (TPSA) is 89.6 Å². The highest BCUT2D eigenvalue weighted by Gasteiger charge is 2.21. The van der Waals surface area contributed by atoms with Crippen LogP contribution in [-0.4, -0.2) is 47.1 Å². The third-order valence-corrected chi connectivity index (χ3v) is 5.77. The first-order valence-corrected chi connectivity index (χ1v) is 10.9. The summed E-state index contributed by atoms with van der Waals surface area (Å²) in [5, 5.41) is 2.98. The van der Waals surface area contributed by atoms with Crippen LogP contribution < -0.4 is 15.8 Å². The molecule has 0 radical (unpaired) electrons. The van der Waals surface area contributed by atoms with E-state index in [9.17, 15) is 9.59 Å². The van der Waals surface area contributed by atoms with E-state index in [1.54, 1.807) is 41.2 Å². The van der Waals surface area contributed by atoms with E-state index in [4.69, 9.17) is 10.5 Å². The number of rotatable bonds is 7. The van der Waals surface area contributed by atoms with E-state index in [0.717, 1.165) is 44.6 Å². The summed E-state index contributed by atoms with van der Waals surface area (Å²) in [5.74, 6) is -0.0451. The second kappa shape index (κ2) is 10.2. The number of nitrogens with two attached hydrogens (primary N) is 1. The molecule has 2 aromatic carbocycles. The summed E-state index contributed by atoms with van der Waals surface area (Å²) in [6.45, 7) is 2.96. The molecule has 1 aromatic heterocycles. The molecule has 7 heteroatoms. The Morgan fingerprint density at radius 3 is 2.53 bits per heavy atom. The highest BCUT2D eigenvalue weighted by atomic mass is 16.6. The van der Waals surface area contributed by atoms with Crippen molar-refractivity contribution in [3.63, 3.8) is 0 Å². The van der Waals surface area contributed by atoms with Crippen molar-refractivity contribution in [1.29, 1.82) is 0 Å². The van der Waals surface area contributed by atoms with Crippen LogP contribution in [0, 0.1) is 0 Å². The predicted molar refractivity (Wildman–Crippen MR) is 123 cm³/mol. The van der Waals surface area contributed by atoms with Gasteiger partial charge in [0, 0.05) is 49.8 Å². The Bertz CT molecular complexity index is 1060. The van der Waals surface area contributed by atoms with E-state index in [0.29, 0.717) is 11.3 Å². The van der Waals surface area contributed by atoms with E-state index in [1.807, 2.05) is 12.1 Å². The largest absolute Gasteiger partial charge is 0.412 e. The van der Waals surface area contributed by atoms with Crippen molar-refractivity contribution in [3.05, 3.63) is 84.2 Å². The number of nitrogens with zero attached hydrogens (tertiary/aromatic N) is 2. The fraction of sp³-hybridized carbons (Fsp3) is 0.280. The van der Waals surface area contributed by atoms with Gasteiger partial charge in [-0.2, -0.15) is 0 Å². The van der Waals surface area contributed by atoms with Crippen LogP contribution in [0.2, 0.25) is 0 Å². The number of carbonyl (C=O) groups excluding carboxylic acids is 2. The molecule has 0 aliphatic carbocycles. The summed E-state index contributed by atoms with van der Waals surface area (Å²) in [6, 6.07) is 19.4. The molecule has 0 unspecified atom stereocenters. The number of nitrogens with one attached hydrogen (secondary N) is 1. The molecule has 1 saturated heterocycles. The third-order valence-electron chi connectivity index (χ3n) is 5.77. The zero-order chi connectivity index (χ0) is 22.3. The van der Waals surface area contributed by atoms with Crippen molar-refractivity contribution >= 4 is 12.0 Å². The van der Waals surface area contributed by atoms with Gasteiger partial charge < -0.3 is 25.3 Å². The number of aromatic nitrogens is 1. The summed E-state index contributed by atoms with van der Waals surface area (Å²) in [7, 11) is 0. The zero-order valence-corrected chi connectivity index (χ0v) is 17.9. The predicted octanol–water partition coefficient (Wildman–Crippen LogP) is 3.37. The molecule has 0 spiro atoms. The van der Waals surface area contributed by atoms with Crippen molar-refractivity contribution in [2.45, 2.75) is 25.3 Å². The van der Waals surface area contributed by atoms with Gasteiger partial charge in [0.25, 0.3) is 0 Å². The maximum Gasteiger partial charge on any atom is 0.412 e. The maximum absolute atomic E-state index is 12.4. The molecule has 0 atom stereocenters. The lowest BCUT2D eigenvalue weighted by Crippen LogP contribution is -2.45. The number of ether oxygens (including phenoxy) is 1. The SMILES string of the molecule is NC(=O)c1ccn(-c2cccc(OC(=O)NC3CCN(CCc4ccccc4)CC3)c2)c1. The minimum atomic E-state index is -0.485. The van der Waals surface area contributed by atoms with E-state index < -0.39 is 12.0 Å². The Morgan fingerprint density at radius 1 is 1.03 bits per heavy atom. The number of piperidine rings is 1. The van der Waals surface area contributed by atoms with Gasteiger partial charge in [0.05, 0.1) is 5.56 Å². The average molecular weight is 433 g/mol. The molecule has 0 saturated carbocycles. The zero-order valence-electron chi connectivity index (χ0n) is 17.9. The van der Waals surface area contributed by atoms with Crippen molar-refractivity contribution in [2.24, 2.45) is 5.73 Å². The van der Waals surface area contributed by atoms with Gasteiger partial charge in [0.1, 0.15) is 5.75 Å². The smallest absolute Gasteiger partial charge is 0.410 e. The van der Waals surface area contributed by atoms with Crippen LogP contribution in [0.25, 0.3) is 5.69 Å². The van der Waals surface area contributed by atoms with Crippen LogP contribution in [0.5, 0.6) is 5.75 Å². The number of hydrogen-bond acceptors (Lipinski definition) is 4. The third kappa shape index (κ3) is 5.76. The van der Waals surface area contributed by atoms with Gasteiger partial charge in [-0.3, -0.25) is 4.79 Å². The normalized spacial score (nSPS) is 14.8. The van der Waals surface area contributed by atoms with Gasteiger partial charge in [0.15, 0.2) is 0 Å². The Balaban J connectivity index is 1.24. The second-order valence-electron chi connectivity index (χ2n) is 8.05. The minimum Gasteiger partial charge on any atom is -0.410 e. The molecule has 32 heavy (non-hydrogen) atoms. The molecule has 7 nitrogen and oxygen atoms in total. The molecule has 2 heterocycles. The Hall–Kier alpha value is -3.58. The van der Waals surface area contributed by atoms with Crippen LogP contribution in [-0.2, 0) is 6.42 Å². The molecule has 1 fully saturated rings. The highest BCUT2D eigenvalue weighted by molar-refractivity contribution is 5.92. The van der Waals surface area contributed by atoms with Crippen molar-refractivity contribution in [2.75, 3.05) is 19.6 Å². The van der Waals surface area contributed by atoms with Crippen LogP contribution in [0.3, 0.4) is 0 Å². The van der Waals surface area contributed by atoms with Gasteiger partial charge >= 0.3 is 6.09 Å². The molecular weight excluding hydrogens is 404 g/mol. The van der Waals surface area contributed by atoms with Crippen molar-refractivity contribution < 1.29 is 14.3 Å². The lowest BCUT2D eigenvalue weighted by molar-refractivity contribution is 0.100. The first-order chi connectivity index (χ1) is 15.6. The van der Waals surface area contributed by atoms with E-state index in [1.165, 1.54) is 5.56 Å². The highest BCUT2D eigenvalue weighted by Crippen LogP contribution is 2.19. The standard InChI is InChI=1S/C25H28N4O3/c26-24(30)20-10-16-29(18-20)22-7-4-8-23(17-22)32-25(31)27-21-11-14-28(15-12-21)13-9-19-5-2-1-3-6-19/h1-8,10,16-18,21H,9,11-15H2,(H2,26,30)(H,27,31). The second-order valence-corrected chi connectivity index (χ2v) is 8.05. The number of benzene rings is 2. The first kappa shape index (κ1) is 21.6. The van der Waals surface area contributed by atoms with Crippen LogP contribution in [0.15, 0.2) is 73.1 Å². The summed E-state index contributed by atoms with van der Waals surface area (Å²) in [4.78, 5) is 26.1.